The number of carbonyl (C=O) groups excluding carboxylic acids is 2. The maximum Gasteiger partial charge on any atom is 0.407 e. The molecule has 7 heteroatoms. The van der Waals surface area contributed by atoms with Gasteiger partial charge >= 0.3 is 12.1 Å². The van der Waals surface area contributed by atoms with Gasteiger partial charge in [0.25, 0.3) is 0 Å². The largest absolute Gasteiger partial charge is 0.469 e. The Bertz CT molecular complexity index is 537. The highest BCUT2D eigenvalue weighted by Crippen LogP contribution is 2.19. The van der Waals surface area contributed by atoms with E-state index in [9.17, 15) is 9.59 Å². The molecule has 7 nitrogen and oxygen atoms in total. The van der Waals surface area contributed by atoms with Gasteiger partial charge in [-0.3, -0.25) is 4.79 Å². The number of benzene rings is 1. The fraction of sp³-hybridized carbons (Fsp3) is 0.529. The van der Waals surface area contributed by atoms with Gasteiger partial charge in [0.1, 0.15) is 6.61 Å². The molecule has 2 N–H and O–H groups in total. The van der Waals surface area contributed by atoms with E-state index in [2.05, 4.69) is 5.32 Å². The fourth-order valence-corrected chi connectivity index (χ4v) is 2.84. The van der Waals surface area contributed by atoms with E-state index in [0.717, 1.165) is 5.56 Å². The lowest BCUT2D eigenvalue weighted by Crippen LogP contribution is -2.54. The number of aliphatic hydroxyl groups excluding tert-OH is 1. The summed E-state index contributed by atoms with van der Waals surface area (Å²) in [5.74, 6) is -0.842. The third-order valence-corrected chi connectivity index (χ3v) is 4.13. The minimum atomic E-state index is -0.548. The zero-order chi connectivity index (χ0) is 17.4. The van der Waals surface area contributed by atoms with Crippen molar-refractivity contribution in [1.82, 2.24) is 10.2 Å². The third-order valence-electron chi connectivity index (χ3n) is 4.13. The Morgan fingerprint density at radius 2 is 2.08 bits per heavy atom. The van der Waals surface area contributed by atoms with Crippen molar-refractivity contribution in [3.05, 3.63) is 35.9 Å². The van der Waals surface area contributed by atoms with Crippen LogP contribution in [0, 0.1) is 5.92 Å². The Labute approximate surface area is 141 Å². The molecule has 0 aliphatic carbocycles. The SMILES string of the molecule is COC(=O)[C@@H]1CN(CCO)CC[C@H]1NC(=O)OCc1ccccc1. The second-order valence-electron chi connectivity index (χ2n) is 5.76. The average Bonchev–Trinajstić information content (AvgIpc) is 2.61. The molecule has 1 aromatic carbocycles. The van der Waals surface area contributed by atoms with Crippen LogP contribution in [0.15, 0.2) is 30.3 Å². The molecule has 0 radical (unpaired) electrons. The summed E-state index contributed by atoms with van der Waals surface area (Å²) in [6.07, 6.45) is 0.0496. The summed E-state index contributed by atoms with van der Waals surface area (Å²) in [6, 6.07) is 9.05. The van der Waals surface area contributed by atoms with Crippen LogP contribution in [-0.4, -0.2) is 61.5 Å². The number of β-amino-alcohol motifs (C(OH)–C–C–N with tert-alkyl or cyclic N) is 1. The van der Waals surface area contributed by atoms with Gasteiger partial charge in [-0.2, -0.15) is 0 Å². The maximum absolute atomic E-state index is 12.0. The van der Waals surface area contributed by atoms with Gasteiger partial charge in [0.15, 0.2) is 0 Å². The first-order chi connectivity index (χ1) is 11.6. The molecule has 1 heterocycles. The van der Waals surface area contributed by atoms with E-state index < -0.39 is 12.0 Å². The number of piperidine rings is 1. The second-order valence-corrected chi connectivity index (χ2v) is 5.76. The van der Waals surface area contributed by atoms with Crippen molar-refractivity contribution in [3.63, 3.8) is 0 Å². The molecular formula is C17H24N2O5. The monoisotopic (exact) mass is 336 g/mol. The Balaban J connectivity index is 1.88. The van der Waals surface area contributed by atoms with Crippen molar-refractivity contribution in [3.8, 4) is 0 Å². The summed E-state index contributed by atoms with van der Waals surface area (Å²) < 4.78 is 10.0. The van der Waals surface area contributed by atoms with Gasteiger partial charge in [-0.25, -0.2) is 4.79 Å². The van der Waals surface area contributed by atoms with Crippen LogP contribution < -0.4 is 5.32 Å². The van der Waals surface area contributed by atoms with Gasteiger partial charge in [0.05, 0.1) is 19.6 Å². The number of methoxy groups -OCH3 is 1. The lowest BCUT2D eigenvalue weighted by Gasteiger charge is -2.36. The molecule has 1 aromatic rings. The molecule has 0 saturated carbocycles. The smallest absolute Gasteiger partial charge is 0.407 e. The van der Waals surface area contributed by atoms with E-state index in [1.807, 2.05) is 35.2 Å². The number of hydrogen-bond acceptors (Lipinski definition) is 6. The van der Waals surface area contributed by atoms with Crippen LogP contribution >= 0.6 is 0 Å². The van der Waals surface area contributed by atoms with Crippen molar-refractivity contribution in [1.29, 1.82) is 0 Å². The first-order valence-corrected chi connectivity index (χ1v) is 8.02. The highest BCUT2D eigenvalue weighted by Gasteiger charge is 2.36. The van der Waals surface area contributed by atoms with Crippen LogP contribution in [0.25, 0.3) is 0 Å². The fourth-order valence-electron chi connectivity index (χ4n) is 2.84. The molecule has 1 amide bonds. The first-order valence-electron chi connectivity index (χ1n) is 8.02. The van der Waals surface area contributed by atoms with Gasteiger partial charge in [-0.1, -0.05) is 30.3 Å². The Kier molecular flexibility index (Phi) is 7.02. The molecule has 2 rings (SSSR count). The third kappa shape index (κ3) is 5.21. The Hall–Kier alpha value is -2.12. The summed E-state index contributed by atoms with van der Waals surface area (Å²) in [5.41, 5.74) is 0.898. The number of carbonyl (C=O) groups is 2. The number of aliphatic hydroxyl groups is 1. The number of esters is 1. The zero-order valence-corrected chi connectivity index (χ0v) is 13.8. The van der Waals surface area contributed by atoms with Crippen LogP contribution in [0.2, 0.25) is 0 Å². The predicted molar refractivity (Wildman–Crippen MR) is 87.2 cm³/mol. The van der Waals surface area contributed by atoms with Gasteiger partial charge in [0.2, 0.25) is 0 Å². The molecular weight excluding hydrogens is 312 g/mol. The Morgan fingerprint density at radius 3 is 2.75 bits per heavy atom. The van der Waals surface area contributed by atoms with Crippen LogP contribution in [0.3, 0.4) is 0 Å². The van der Waals surface area contributed by atoms with E-state index in [4.69, 9.17) is 14.6 Å². The van der Waals surface area contributed by atoms with Crippen LogP contribution in [0.4, 0.5) is 4.79 Å². The zero-order valence-electron chi connectivity index (χ0n) is 13.8. The highest BCUT2D eigenvalue weighted by molar-refractivity contribution is 5.75. The van der Waals surface area contributed by atoms with E-state index >= 15 is 0 Å². The minimum absolute atomic E-state index is 0.0328. The molecule has 2 atom stereocenters. The number of rotatable bonds is 6. The summed E-state index contributed by atoms with van der Waals surface area (Å²) in [5, 5.41) is 11.8. The molecule has 1 saturated heterocycles. The number of nitrogens with one attached hydrogen (secondary N) is 1. The van der Waals surface area contributed by atoms with E-state index in [1.54, 1.807) is 0 Å². The number of likely N-dealkylation sites (tertiary alicyclic amines) is 1. The van der Waals surface area contributed by atoms with E-state index in [0.29, 0.717) is 26.1 Å². The number of hydrogen-bond donors (Lipinski definition) is 2. The average molecular weight is 336 g/mol. The van der Waals surface area contributed by atoms with Gasteiger partial charge < -0.3 is 24.8 Å². The lowest BCUT2D eigenvalue weighted by atomic mass is 9.92. The number of nitrogens with zero attached hydrogens (tertiary/aromatic N) is 1. The van der Waals surface area contributed by atoms with Crippen LogP contribution in [0.1, 0.15) is 12.0 Å². The number of amides is 1. The topological polar surface area (TPSA) is 88.1 Å². The van der Waals surface area contributed by atoms with Gasteiger partial charge in [-0.15, -0.1) is 0 Å². The molecule has 1 aliphatic rings. The maximum atomic E-state index is 12.0. The van der Waals surface area contributed by atoms with Crippen molar-refractivity contribution in [2.45, 2.75) is 19.1 Å². The van der Waals surface area contributed by atoms with Crippen LogP contribution in [-0.2, 0) is 20.9 Å². The predicted octanol–water partition coefficient (Wildman–Crippen LogP) is 0.769. The lowest BCUT2D eigenvalue weighted by molar-refractivity contribution is -0.148. The quantitative estimate of drug-likeness (QED) is 0.746. The van der Waals surface area contributed by atoms with E-state index in [-0.39, 0.29) is 25.2 Å². The highest BCUT2D eigenvalue weighted by atomic mass is 16.5. The minimum Gasteiger partial charge on any atom is -0.469 e. The molecule has 132 valence electrons. The van der Waals surface area contributed by atoms with E-state index in [1.165, 1.54) is 7.11 Å². The molecule has 24 heavy (non-hydrogen) atoms. The number of alkyl carbamates (subject to hydrolysis) is 1. The molecule has 0 unspecified atom stereocenters. The first kappa shape index (κ1) is 18.2. The normalized spacial score (nSPS) is 21.1. The summed E-state index contributed by atoms with van der Waals surface area (Å²) in [7, 11) is 1.33. The summed E-state index contributed by atoms with van der Waals surface area (Å²) in [6.45, 7) is 1.84. The molecule has 0 spiro atoms. The molecule has 0 aromatic heterocycles. The Morgan fingerprint density at radius 1 is 1.33 bits per heavy atom. The standard InChI is InChI=1S/C17H24N2O5/c1-23-16(21)14-11-19(9-10-20)8-7-15(14)18-17(22)24-12-13-5-3-2-4-6-13/h2-6,14-15,20H,7-12H2,1H3,(H,18,22)/t14-,15-/m1/s1. The van der Waals surface area contributed by atoms with Gasteiger partial charge in [0, 0.05) is 25.7 Å². The number of ether oxygens (including phenoxy) is 2. The van der Waals surface area contributed by atoms with Crippen molar-refractivity contribution in [2.75, 3.05) is 33.4 Å². The van der Waals surface area contributed by atoms with Crippen molar-refractivity contribution in [2.24, 2.45) is 5.92 Å². The second kappa shape index (κ2) is 9.24. The molecule has 1 fully saturated rings. The van der Waals surface area contributed by atoms with Crippen molar-refractivity contribution >= 4 is 12.1 Å². The summed E-state index contributed by atoms with van der Waals surface area (Å²) >= 11 is 0. The summed E-state index contributed by atoms with van der Waals surface area (Å²) in [4.78, 5) is 26.0. The molecule has 1 aliphatic heterocycles. The van der Waals surface area contributed by atoms with Crippen molar-refractivity contribution < 1.29 is 24.2 Å². The van der Waals surface area contributed by atoms with Crippen LogP contribution in [0.5, 0.6) is 0 Å². The van der Waals surface area contributed by atoms with Gasteiger partial charge in [-0.05, 0) is 12.0 Å². The molecule has 0 bridgehead atoms.